The molecule has 0 aliphatic carbocycles. The number of hydrogen-bond donors (Lipinski definition) is 0. The Hall–Kier alpha value is -3.23. The van der Waals surface area contributed by atoms with E-state index in [0.717, 1.165) is 10.3 Å². The third kappa shape index (κ3) is 4.76. The summed E-state index contributed by atoms with van der Waals surface area (Å²) in [5.41, 5.74) is 1.41. The zero-order chi connectivity index (χ0) is 21.8. The second-order valence-electron chi connectivity index (χ2n) is 6.51. The van der Waals surface area contributed by atoms with Crippen molar-refractivity contribution in [3.63, 3.8) is 0 Å². The molecule has 158 valence electrons. The van der Waals surface area contributed by atoms with E-state index in [2.05, 4.69) is 9.97 Å². The molecule has 0 unspecified atom stereocenters. The second kappa shape index (κ2) is 9.28. The minimum absolute atomic E-state index is 0.243. The smallest absolute Gasteiger partial charge is 0.267 e. The van der Waals surface area contributed by atoms with Gasteiger partial charge in [0.15, 0.2) is 11.7 Å². The van der Waals surface area contributed by atoms with E-state index >= 15 is 0 Å². The van der Waals surface area contributed by atoms with Gasteiger partial charge in [-0.1, -0.05) is 29.0 Å². The third-order valence-corrected chi connectivity index (χ3v) is 5.98. The normalized spacial score (nSPS) is 10.8. The van der Waals surface area contributed by atoms with E-state index in [9.17, 15) is 9.18 Å². The molecule has 2 aromatic heterocycles. The molecular weight excluding hydrogens is 441 g/mol. The molecule has 0 saturated heterocycles. The van der Waals surface area contributed by atoms with Crippen molar-refractivity contribution in [3.05, 3.63) is 77.3 Å². The van der Waals surface area contributed by atoms with Gasteiger partial charge in [0.05, 0.1) is 23.4 Å². The van der Waals surface area contributed by atoms with E-state index in [0.29, 0.717) is 27.2 Å². The number of anilines is 1. The number of hydrogen-bond acceptors (Lipinski definition) is 6. The lowest BCUT2D eigenvalue weighted by Gasteiger charge is -2.20. The highest BCUT2D eigenvalue weighted by atomic mass is 35.5. The Morgan fingerprint density at radius 2 is 2.00 bits per heavy atom. The van der Waals surface area contributed by atoms with Crippen molar-refractivity contribution in [1.29, 1.82) is 0 Å². The van der Waals surface area contributed by atoms with Crippen molar-refractivity contribution in [2.24, 2.45) is 0 Å². The topological polar surface area (TPSA) is 64.5 Å². The maximum absolute atomic E-state index is 13.1. The Morgan fingerprint density at radius 3 is 2.71 bits per heavy atom. The van der Waals surface area contributed by atoms with Crippen LogP contribution in [0.5, 0.6) is 11.5 Å². The fourth-order valence-electron chi connectivity index (χ4n) is 2.91. The fourth-order valence-corrected chi connectivity index (χ4v) is 4.18. The summed E-state index contributed by atoms with van der Waals surface area (Å²) < 4.78 is 24.8. The number of ether oxygens (including phenoxy) is 2. The fraction of sp³-hybridized carbons (Fsp3) is 0.136. The summed E-state index contributed by atoms with van der Waals surface area (Å²) >= 11 is 7.63. The molecule has 0 spiro atoms. The predicted octanol–water partition coefficient (Wildman–Crippen LogP) is 5.10. The van der Waals surface area contributed by atoms with Crippen LogP contribution in [0.25, 0.3) is 10.2 Å². The number of fused-ring (bicyclic) bond motifs is 1. The predicted molar refractivity (Wildman–Crippen MR) is 119 cm³/mol. The quantitative estimate of drug-likeness (QED) is 0.386. The van der Waals surface area contributed by atoms with Gasteiger partial charge in [-0.05, 0) is 48.0 Å². The van der Waals surface area contributed by atoms with Crippen molar-refractivity contribution in [1.82, 2.24) is 9.97 Å². The van der Waals surface area contributed by atoms with Gasteiger partial charge in [-0.2, -0.15) is 0 Å². The molecule has 9 heteroatoms. The van der Waals surface area contributed by atoms with E-state index in [1.165, 1.54) is 40.5 Å². The van der Waals surface area contributed by atoms with Gasteiger partial charge in [0.1, 0.15) is 22.8 Å². The number of carbonyl (C=O) groups excluding carboxylic acids is 1. The SMILES string of the molecule is COc1ccc(Cl)c2sc(N(Cc3cccnc3)C(=O)COc3ccc(F)cc3)nc12. The van der Waals surface area contributed by atoms with Gasteiger partial charge in [-0.15, -0.1) is 0 Å². The summed E-state index contributed by atoms with van der Waals surface area (Å²) in [5, 5.41) is 0.980. The summed E-state index contributed by atoms with van der Waals surface area (Å²) in [4.78, 5) is 23.4. The van der Waals surface area contributed by atoms with E-state index in [1.807, 2.05) is 6.07 Å². The Kier molecular flexibility index (Phi) is 6.29. The Morgan fingerprint density at radius 1 is 1.19 bits per heavy atom. The molecule has 4 rings (SSSR count). The monoisotopic (exact) mass is 457 g/mol. The van der Waals surface area contributed by atoms with Gasteiger partial charge in [-0.3, -0.25) is 14.7 Å². The summed E-state index contributed by atoms with van der Waals surface area (Å²) in [5.74, 6) is 0.267. The molecule has 0 saturated carbocycles. The molecule has 0 atom stereocenters. The molecule has 0 bridgehead atoms. The number of amides is 1. The summed E-state index contributed by atoms with van der Waals surface area (Å²) in [6, 6.07) is 12.6. The van der Waals surface area contributed by atoms with Crippen molar-refractivity contribution in [3.8, 4) is 11.5 Å². The van der Waals surface area contributed by atoms with Crippen LogP contribution in [0.2, 0.25) is 5.02 Å². The first-order valence-electron chi connectivity index (χ1n) is 9.26. The molecular formula is C22H17ClFN3O3S. The van der Waals surface area contributed by atoms with Crippen molar-refractivity contribution in [2.45, 2.75) is 6.54 Å². The maximum atomic E-state index is 13.1. The number of methoxy groups -OCH3 is 1. The number of nitrogens with zero attached hydrogens (tertiary/aromatic N) is 3. The molecule has 0 radical (unpaired) electrons. The van der Waals surface area contributed by atoms with Gasteiger partial charge < -0.3 is 9.47 Å². The van der Waals surface area contributed by atoms with Crippen LogP contribution in [-0.4, -0.2) is 29.6 Å². The number of carbonyl (C=O) groups is 1. The van der Waals surface area contributed by atoms with Crippen LogP contribution < -0.4 is 14.4 Å². The van der Waals surface area contributed by atoms with Gasteiger partial charge in [-0.25, -0.2) is 9.37 Å². The first-order chi connectivity index (χ1) is 15.0. The first kappa shape index (κ1) is 21.0. The number of halogens is 2. The molecule has 0 fully saturated rings. The van der Waals surface area contributed by atoms with Crippen molar-refractivity contribution in [2.75, 3.05) is 18.6 Å². The number of thiazole rings is 1. The van der Waals surface area contributed by atoms with Crippen LogP contribution in [-0.2, 0) is 11.3 Å². The first-order valence-corrected chi connectivity index (χ1v) is 10.5. The molecule has 31 heavy (non-hydrogen) atoms. The van der Waals surface area contributed by atoms with E-state index in [4.69, 9.17) is 21.1 Å². The van der Waals surface area contributed by atoms with Crippen molar-refractivity contribution >= 4 is 44.2 Å². The molecule has 2 aromatic carbocycles. The molecule has 0 N–H and O–H groups in total. The minimum atomic E-state index is -0.378. The van der Waals surface area contributed by atoms with E-state index in [1.54, 1.807) is 37.7 Å². The highest BCUT2D eigenvalue weighted by Gasteiger charge is 2.23. The van der Waals surface area contributed by atoms with E-state index < -0.39 is 0 Å². The Labute approximate surface area is 186 Å². The van der Waals surface area contributed by atoms with Crippen LogP contribution in [0, 0.1) is 5.82 Å². The molecule has 0 aliphatic rings. The zero-order valence-electron chi connectivity index (χ0n) is 16.4. The maximum Gasteiger partial charge on any atom is 0.267 e. The van der Waals surface area contributed by atoms with Crippen LogP contribution >= 0.6 is 22.9 Å². The highest BCUT2D eigenvalue weighted by Crippen LogP contribution is 2.39. The summed E-state index contributed by atoms with van der Waals surface area (Å²) in [6.07, 6.45) is 3.34. The van der Waals surface area contributed by atoms with Gasteiger partial charge in [0.2, 0.25) is 0 Å². The average Bonchev–Trinajstić information content (AvgIpc) is 3.24. The minimum Gasteiger partial charge on any atom is -0.494 e. The van der Waals surface area contributed by atoms with Crippen LogP contribution in [0.4, 0.5) is 9.52 Å². The largest absolute Gasteiger partial charge is 0.494 e. The lowest BCUT2D eigenvalue weighted by molar-refractivity contribution is -0.120. The molecule has 6 nitrogen and oxygen atoms in total. The van der Waals surface area contributed by atoms with E-state index in [-0.39, 0.29) is 24.9 Å². The Balaban J connectivity index is 1.65. The molecule has 0 aliphatic heterocycles. The molecule has 2 heterocycles. The average molecular weight is 458 g/mol. The van der Waals surface area contributed by atoms with Crippen LogP contribution in [0.15, 0.2) is 60.9 Å². The van der Waals surface area contributed by atoms with Crippen LogP contribution in [0.1, 0.15) is 5.56 Å². The van der Waals surface area contributed by atoms with Gasteiger partial charge >= 0.3 is 0 Å². The number of benzene rings is 2. The molecule has 4 aromatic rings. The third-order valence-electron chi connectivity index (χ3n) is 4.44. The van der Waals surface area contributed by atoms with Gasteiger partial charge in [0, 0.05) is 12.4 Å². The lowest BCUT2D eigenvalue weighted by Crippen LogP contribution is -2.34. The summed E-state index contributed by atoms with van der Waals surface area (Å²) in [6.45, 7) is 0.00585. The lowest BCUT2D eigenvalue weighted by atomic mass is 10.2. The van der Waals surface area contributed by atoms with Crippen molar-refractivity contribution < 1.29 is 18.7 Å². The zero-order valence-corrected chi connectivity index (χ0v) is 18.0. The highest BCUT2D eigenvalue weighted by molar-refractivity contribution is 7.23. The Bertz CT molecular complexity index is 1200. The number of rotatable bonds is 7. The standard InChI is InChI=1S/C22H17ClFN3O3S/c1-29-18-9-8-17(23)21-20(18)26-22(31-21)27(12-14-3-2-10-25-11-14)19(28)13-30-16-6-4-15(24)5-7-16/h2-11H,12-13H2,1H3. The molecule has 1 amide bonds. The second-order valence-corrected chi connectivity index (χ2v) is 7.89. The van der Waals surface area contributed by atoms with Crippen LogP contribution in [0.3, 0.4) is 0 Å². The van der Waals surface area contributed by atoms with Gasteiger partial charge in [0.25, 0.3) is 5.91 Å². The number of aromatic nitrogens is 2. The number of pyridine rings is 1. The summed E-state index contributed by atoms with van der Waals surface area (Å²) in [7, 11) is 1.55.